The number of aliphatic hydroxyl groups excluding tert-OH is 1. The Balaban J connectivity index is 1.73. The molecule has 0 spiro atoms. The Labute approximate surface area is 221 Å². The van der Waals surface area contributed by atoms with Gasteiger partial charge in [0.25, 0.3) is 5.91 Å². The maximum absolute atomic E-state index is 13.7. The highest BCUT2D eigenvalue weighted by Crippen LogP contribution is 2.42. The molecule has 1 aliphatic heterocycles. The predicted octanol–water partition coefficient (Wildman–Crippen LogP) is 5.58. The number of Topliss-reactive ketones (excluding diaryl/α,β-unsaturated/α-hetero) is 1. The summed E-state index contributed by atoms with van der Waals surface area (Å²) in [6.07, 6.45) is -0.573. The molecule has 0 aliphatic carbocycles. The maximum Gasteiger partial charge on any atom is 0.303 e. The van der Waals surface area contributed by atoms with Gasteiger partial charge >= 0.3 is 5.97 Å². The second-order valence-corrected chi connectivity index (χ2v) is 9.10. The van der Waals surface area contributed by atoms with Gasteiger partial charge in [-0.25, -0.2) is 0 Å². The Hall–Kier alpha value is -4.14. The van der Waals surface area contributed by atoms with Crippen LogP contribution in [0.25, 0.3) is 0 Å². The minimum Gasteiger partial charge on any atom is -0.503 e. The van der Waals surface area contributed by atoms with Crippen LogP contribution in [0.2, 0.25) is 10.0 Å². The number of aliphatic hydroxyl groups is 1. The molecule has 3 aromatic rings. The van der Waals surface area contributed by atoms with E-state index in [-0.39, 0.29) is 29.7 Å². The van der Waals surface area contributed by atoms with E-state index >= 15 is 0 Å². The molecule has 1 aliphatic rings. The average Bonchev–Trinajstić information content (AvgIpc) is 3.13. The number of nitrogens with zero attached hydrogens (tertiary/aromatic N) is 1. The van der Waals surface area contributed by atoms with Gasteiger partial charge in [-0.1, -0.05) is 53.5 Å². The molecule has 3 aromatic carbocycles. The van der Waals surface area contributed by atoms with Gasteiger partial charge in [-0.3, -0.25) is 24.1 Å². The lowest BCUT2D eigenvalue weighted by Crippen LogP contribution is -2.31. The van der Waals surface area contributed by atoms with E-state index in [0.717, 1.165) is 0 Å². The summed E-state index contributed by atoms with van der Waals surface area (Å²) in [5.41, 5.74) is 1.13. The highest BCUT2D eigenvalue weighted by atomic mass is 35.5. The van der Waals surface area contributed by atoms with Crippen molar-refractivity contribution in [2.24, 2.45) is 0 Å². The summed E-state index contributed by atoms with van der Waals surface area (Å²) in [6, 6.07) is 18.0. The van der Waals surface area contributed by atoms with Crippen molar-refractivity contribution in [1.82, 2.24) is 0 Å². The lowest BCUT2D eigenvalue weighted by atomic mass is 9.92. The molecule has 1 atom stereocenters. The van der Waals surface area contributed by atoms with E-state index < -0.39 is 35.4 Å². The van der Waals surface area contributed by atoms with Gasteiger partial charge in [0.1, 0.15) is 0 Å². The number of hydrogen-bond donors (Lipinski definition) is 3. The first kappa shape index (κ1) is 25.9. The summed E-state index contributed by atoms with van der Waals surface area (Å²) >= 11 is 12.2. The molecule has 1 heterocycles. The van der Waals surface area contributed by atoms with Gasteiger partial charge in [0.15, 0.2) is 11.5 Å². The van der Waals surface area contributed by atoms with Crippen LogP contribution in [0.3, 0.4) is 0 Å². The summed E-state index contributed by atoms with van der Waals surface area (Å²) in [7, 11) is 0. The summed E-state index contributed by atoms with van der Waals surface area (Å²) in [4.78, 5) is 51.0. The number of rotatable bonds is 8. The van der Waals surface area contributed by atoms with E-state index in [4.69, 9.17) is 28.3 Å². The molecule has 0 aromatic heterocycles. The highest BCUT2D eigenvalue weighted by Gasteiger charge is 2.44. The van der Waals surface area contributed by atoms with Crippen LogP contribution in [0.4, 0.5) is 11.4 Å². The van der Waals surface area contributed by atoms with Gasteiger partial charge in [-0.2, -0.15) is 0 Å². The first-order valence-electron chi connectivity index (χ1n) is 11.1. The lowest BCUT2D eigenvalue weighted by molar-refractivity contribution is -0.138. The van der Waals surface area contributed by atoms with Gasteiger partial charge in [0, 0.05) is 33.4 Å². The van der Waals surface area contributed by atoms with Crippen LogP contribution in [0.15, 0.2) is 84.1 Å². The van der Waals surface area contributed by atoms with Crippen molar-refractivity contribution < 1.29 is 29.4 Å². The molecule has 0 radical (unpaired) electrons. The largest absolute Gasteiger partial charge is 0.503 e. The minimum absolute atomic E-state index is 0.109. The monoisotopic (exact) mass is 538 g/mol. The molecule has 8 nitrogen and oxygen atoms in total. The predicted molar refractivity (Wildman–Crippen MR) is 139 cm³/mol. The van der Waals surface area contributed by atoms with Gasteiger partial charge in [-0.15, -0.1) is 0 Å². The normalized spacial score (nSPS) is 15.1. The van der Waals surface area contributed by atoms with Crippen LogP contribution >= 0.6 is 23.2 Å². The molecule has 0 saturated carbocycles. The summed E-state index contributed by atoms with van der Waals surface area (Å²) in [6.45, 7) is 0. The molecule has 37 heavy (non-hydrogen) atoms. The third-order valence-electron chi connectivity index (χ3n) is 5.70. The number of carbonyl (C=O) groups is 4. The fourth-order valence-electron chi connectivity index (χ4n) is 4.03. The van der Waals surface area contributed by atoms with Gasteiger partial charge in [0.2, 0.25) is 5.91 Å². The SMILES string of the molecule is O=C(O)CCC(=O)Nc1cccc(C(=O)C2=C(O)C(=O)N(c3cccc(Cl)c3)C2c2ccc(Cl)cc2)c1. The third-order valence-corrected chi connectivity index (χ3v) is 6.19. The molecule has 0 bridgehead atoms. The smallest absolute Gasteiger partial charge is 0.303 e. The number of halogens is 2. The number of carboxylic acid groups (broad SMARTS) is 1. The molecule has 188 valence electrons. The Bertz CT molecular complexity index is 1430. The van der Waals surface area contributed by atoms with E-state index in [0.29, 0.717) is 21.3 Å². The minimum atomic E-state index is -1.11. The molecular formula is C27H20Cl2N2O6. The molecule has 0 saturated heterocycles. The Morgan fingerprint density at radius 1 is 0.892 bits per heavy atom. The standard InChI is InChI=1S/C27H20Cl2N2O6/c28-17-9-7-15(8-10-17)24-23(26(36)27(37)31(24)20-6-2-4-18(29)14-20)25(35)16-3-1-5-19(13-16)30-21(32)11-12-22(33)34/h1-10,13-14,24,36H,11-12H2,(H,30,32)(H,33,34). The summed E-state index contributed by atoms with van der Waals surface area (Å²) < 4.78 is 0. The highest BCUT2D eigenvalue weighted by molar-refractivity contribution is 6.31. The van der Waals surface area contributed by atoms with E-state index in [1.807, 2.05) is 0 Å². The van der Waals surface area contributed by atoms with Crippen molar-refractivity contribution in [2.45, 2.75) is 18.9 Å². The zero-order valence-electron chi connectivity index (χ0n) is 19.2. The first-order valence-corrected chi connectivity index (χ1v) is 11.9. The van der Waals surface area contributed by atoms with Crippen LogP contribution in [-0.2, 0) is 14.4 Å². The molecule has 3 N–H and O–H groups in total. The van der Waals surface area contributed by atoms with Crippen molar-refractivity contribution in [3.63, 3.8) is 0 Å². The molecule has 0 fully saturated rings. The molecule has 10 heteroatoms. The number of carbonyl (C=O) groups excluding carboxylic acids is 3. The number of nitrogens with one attached hydrogen (secondary N) is 1. The lowest BCUT2D eigenvalue weighted by Gasteiger charge is -2.27. The quantitative estimate of drug-likeness (QED) is 0.321. The van der Waals surface area contributed by atoms with Crippen LogP contribution in [-0.4, -0.2) is 33.8 Å². The maximum atomic E-state index is 13.7. The van der Waals surface area contributed by atoms with E-state index in [1.165, 1.54) is 23.1 Å². The van der Waals surface area contributed by atoms with E-state index in [2.05, 4.69) is 5.32 Å². The molecule has 1 unspecified atom stereocenters. The molecule has 2 amide bonds. The van der Waals surface area contributed by atoms with Crippen molar-refractivity contribution >= 4 is 58.1 Å². The van der Waals surface area contributed by atoms with Crippen LogP contribution < -0.4 is 10.2 Å². The first-order chi connectivity index (χ1) is 17.7. The van der Waals surface area contributed by atoms with Crippen LogP contribution in [0.1, 0.15) is 34.8 Å². The Morgan fingerprint density at radius 3 is 2.27 bits per heavy atom. The zero-order valence-corrected chi connectivity index (χ0v) is 20.7. The molecule has 4 rings (SSSR count). The van der Waals surface area contributed by atoms with Crippen LogP contribution in [0.5, 0.6) is 0 Å². The second-order valence-electron chi connectivity index (χ2n) is 8.22. The molecular weight excluding hydrogens is 519 g/mol. The number of aliphatic carboxylic acids is 1. The number of ketones is 1. The number of amides is 2. The Kier molecular flexibility index (Phi) is 7.61. The average molecular weight is 539 g/mol. The second kappa shape index (κ2) is 10.9. The van der Waals surface area contributed by atoms with Gasteiger partial charge in [-0.05, 0) is 48.0 Å². The summed E-state index contributed by atoms with van der Waals surface area (Å²) in [5, 5.41) is 23.0. The van der Waals surface area contributed by atoms with Gasteiger partial charge < -0.3 is 15.5 Å². The van der Waals surface area contributed by atoms with Crippen molar-refractivity contribution in [3.05, 3.63) is 105 Å². The van der Waals surface area contributed by atoms with Crippen molar-refractivity contribution in [3.8, 4) is 0 Å². The number of anilines is 2. The zero-order chi connectivity index (χ0) is 26.7. The topological polar surface area (TPSA) is 124 Å². The van der Waals surface area contributed by atoms with Gasteiger partial charge in [0.05, 0.1) is 18.0 Å². The summed E-state index contributed by atoms with van der Waals surface area (Å²) in [5.74, 6) is -3.75. The fourth-order valence-corrected chi connectivity index (χ4v) is 4.34. The number of carboxylic acids is 1. The third kappa shape index (κ3) is 5.66. The van der Waals surface area contributed by atoms with E-state index in [9.17, 15) is 24.3 Å². The van der Waals surface area contributed by atoms with Crippen LogP contribution in [0, 0.1) is 0 Å². The number of hydrogen-bond acceptors (Lipinski definition) is 5. The number of benzene rings is 3. The van der Waals surface area contributed by atoms with E-state index in [1.54, 1.807) is 54.6 Å². The Morgan fingerprint density at radius 2 is 1.59 bits per heavy atom. The van der Waals surface area contributed by atoms with Crippen molar-refractivity contribution in [1.29, 1.82) is 0 Å². The van der Waals surface area contributed by atoms with Crippen molar-refractivity contribution in [2.75, 3.05) is 10.2 Å². The fraction of sp³-hybridized carbons (Fsp3) is 0.111.